The number of phenolic OH excluding ortho intramolecular Hbond substituents is 1. The Labute approximate surface area is 119 Å². The first-order valence-electron chi connectivity index (χ1n) is 7.40. The third-order valence-electron chi connectivity index (χ3n) is 4.68. The Morgan fingerprint density at radius 2 is 2.00 bits per heavy atom. The van der Waals surface area contributed by atoms with E-state index in [1.165, 1.54) is 25.7 Å². The number of nitrogens with one attached hydrogen (secondary N) is 1. The predicted octanol–water partition coefficient (Wildman–Crippen LogP) is 1.57. The standard InChI is InChI=1S/C16H22N2O2/c17-14(9-11-1-5-13(19)6-2-11)15(20)18-10-16(7-8-16)12-3-4-12/h1-2,5-6,12,14,19H,3-4,7-10,17H2,(H,18,20)/t14-/m1/s1. The summed E-state index contributed by atoms with van der Waals surface area (Å²) in [5, 5.41) is 12.3. The van der Waals surface area contributed by atoms with Gasteiger partial charge in [-0.15, -0.1) is 0 Å². The van der Waals surface area contributed by atoms with Crippen molar-refractivity contribution in [3.05, 3.63) is 29.8 Å². The second-order valence-electron chi connectivity index (χ2n) is 6.33. The number of nitrogens with two attached hydrogens (primary N) is 1. The van der Waals surface area contributed by atoms with Crippen molar-refractivity contribution >= 4 is 5.91 Å². The van der Waals surface area contributed by atoms with E-state index >= 15 is 0 Å². The van der Waals surface area contributed by atoms with Gasteiger partial charge in [-0.25, -0.2) is 0 Å². The highest BCUT2D eigenvalue weighted by molar-refractivity contribution is 5.81. The maximum absolute atomic E-state index is 12.0. The fraction of sp³-hybridized carbons (Fsp3) is 0.562. The van der Waals surface area contributed by atoms with E-state index in [1.54, 1.807) is 24.3 Å². The molecule has 108 valence electrons. The van der Waals surface area contributed by atoms with Gasteiger partial charge in [-0.3, -0.25) is 4.79 Å². The molecule has 1 atom stereocenters. The lowest BCUT2D eigenvalue weighted by Crippen LogP contribution is -2.44. The molecule has 1 amide bonds. The Morgan fingerprint density at radius 3 is 2.55 bits per heavy atom. The third kappa shape index (κ3) is 2.96. The second kappa shape index (κ2) is 5.09. The van der Waals surface area contributed by atoms with Crippen LogP contribution in [0.25, 0.3) is 0 Å². The molecule has 2 aliphatic rings. The molecular weight excluding hydrogens is 252 g/mol. The number of carbonyl (C=O) groups is 1. The fourth-order valence-electron chi connectivity index (χ4n) is 2.96. The quantitative estimate of drug-likeness (QED) is 0.737. The van der Waals surface area contributed by atoms with Gasteiger partial charge >= 0.3 is 0 Å². The second-order valence-corrected chi connectivity index (χ2v) is 6.33. The molecule has 2 aliphatic carbocycles. The zero-order valence-corrected chi connectivity index (χ0v) is 11.6. The number of hydrogen-bond donors (Lipinski definition) is 3. The molecule has 0 unspecified atom stereocenters. The lowest BCUT2D eigenvalue weighted by molar-refractivity contribution is -0.122. The van der Waals surface area contributed by atoms with E-state index in [9.17, 15) is 9.90 Å². The Balaban J connectivity index is 1.48. The summed E-state index contributed by atoms with van der Waals surface area (Å²) in [7, 11) is 0. The molecule has 4 heteroatoms. The number of benzene rings is 1. The smallest absolute Gasteiger partial charge is 0.237 e. The van der Waals surface area contributed by atoms with Gasteiger partial charge in [-0.2, -0.15) is 0 Å². The van der Waals surface area contributed by atoms with Crippen LogP contribution in [0.5, 0.6) is 5.75 Å². The van der Waals surface area contributed by atoms with Crippen LogP contribution in [0.1, 0.15) is 31.2 Å². The maximum atomic E-state index is 12.0. The van der Waals surface area contributed by atoms with Gasteiger partial charge in [0.15, 0.2) is 0 Å². The first-order chi connectivity index (χ1) is 9.59. The first-order valence-corrected chi connectivity index (χ1v) is 7.40. The number of phenols is 1. The maximum Gasteiger partial charge on any atom is 0.237 e. The molecule has 2 fully saturated rings. The monoisotopic (exact) mass is 274 g/mol. The number of carbonyl (C=O) groups excluding carboxylic acids is 1. The lowest BCUT2D eigenvalue weighted by atomic mass is 10.00. The third-order valence-corrected chi connectivity index (χ3v) is 4.68. The molecule has 0 spiro atoms. The Kier molecular flexibility index (Phi) is 3.42. The molecule has 0 heterocycles. The van der Waals surface area contributed by atoms with Gasteiger partial charge < -0.3 is 16.2 Å². The number of aromatic hydroxyl groups is 1. The topological polar surface area (TPSA) is 75.3 Å². The molecule has 0 saturated heterocycles. The van der Waals surface area contributed by atoms with Crippen molar-refractivity contribution in [3.8, 4) is 5.75 Å². The molecule has 4 N–H and O–H groups in total. The van der Waals surface area contributed by atoms with Crippen LogP contribution in [0.3, 0.4) is 0 Å². The molecule has 2 saturated carbocycles. The van der Waals surface area contributed by atoms with E-state index in [2.05, 4.69) is 5.32 Å². The molecule has 0 radical (unpaired) electrons. The van der Waals surface area contributed by atoms with Gasteiger partial charge in [-0.1, -0.05) is 12.1 Å². The van der Waals surface area contributed by atoms with Gasteiger partial charge in [0.1, 0.15) is 5.75 Å². The van der Waals surface area contributed by atoms with Crippen molar-refractivity contribution < 1.29 is 9.90 Å². The summed E-state index contributed by atoms with van der Waals surface area (Å²) in [4.78, 5) is 12.0. The lowest BCUT2D eigenvalue weighted by Gasteiger charge is -2.17. The summed E-state index contributed by atoms with van der Waals surface area (Å²) >= 11 is 0. The van der Waals surface area contributed by atoms with E-state index in [0.717, 1.165) is 18.0 Å². The molecule has 0 bridgehead atoms. The van der Waals surface area contributed by atoms with Gasteiger partial charge in [0.2, 0.25) is 5.91 Å². The summed E-state index contributed by atoms with van der Waals surface area (Å²) in [6, 6.07) is 6.32. The van der Waals surface area contributed by atoms with Gasteiger partial charge in [0.25, 0.3) is 0 Å². The van der Waals surface area contributed by atoms with Crippen molar-refractivity contribution in [2.24, 2.45) is 17.1 Å². The Bertz CT molecular complexity index is 490. The number of amides is 1. The molecule has 4 nitrogen and oxygen atoms in total. The van der Waals surface area contributed by atoms with E-state index in [-0.39, 0.29) is 11.7 Å². The highest BCUT2D eigenvalue weighted by Gasteiger charge is 2.53. The normalized spacial score (nSPS) is 21.2. The van der Waals surface area contributed by atoms with Gasteiger partial charge in [0.05, 0.1) is 6.04 Å². The van der Waals surface area contributed by atoms with E-state index < -0.39 is 6.04 Å². The van der Waals surface area contributed by atoms with Crippen molar-refractivity contribution in [2.75, 3.05) is 6.54 Å². The number of hydrogen-bond acceptors (Lipinski definition) is 3. The summed E-state index contributed by atoms with van der Waals surface area (Å²) in [5.41, 5.74) is 7.33. The van der Waals surface area contributed by atoms with Crippen molar-refractivity contribution in [3.63, 3.8) is 0 Å². The zero-order valence-electron chi connectivity index (χ0n) is 11.6. The number of rotatable bonds is 6. The van der Waals surface area contributed by atoms with E-state index in [4.69, 9.17) is 5.73 Å². The molecule has 3 rings (SSSR count). The van der Waals surface area contributed by atoms with Gasteiger partial charge in [-0.05, 0) is 61.1 Å². The Morgan fingerprint density at radius 1 is 1.35 bits per heavy atom. The molecule has 1 aromatic carbocycles. The molecule has 20 heavy (non-hydrogen) atoms. The minimum absolute atomic E-state index is 0.0648. The highest BCUT2D eigenvalue weighted by Crippen LogP contribution is 2.60. The van der Waals surface area contributed by atoms with Crippen LogP contribution >= 0.6 is 0 Å². The van der Waals surface area contributed by atoms with Crippen LogP contribution in [0.15, 0.2) is 24.3 Å². The highest BCUT2D eigenvalue weighted by atomic mass is 16.3. The first kappa shape index (κ1) is 13.4. The van der Waals surface area contributed by atoms with Crippen molar-refractivity contribution in [2.45, 2.75) is 38.1 Å². The van der Waals surface area contributed by atoms with Crippen LogP contribution in [0.2, 0.25) is 0 Å². The van der Waals surface area contributed by atoms with Crippen molar-refractivity contribution in [1.29, 1.82) is 0 Å². The molecule has 1 aromatic rings. The zero-order chi connectivity index (χ0) is 14.2. The summed E-state index contributed by atoms with van der Waals surface area (Å²) in [5.74, 6) is 1.01. The minimum Gasteiger partial charge on any atom is -0.508 e. The van der Waals surface area contributed by atoms with E-state index in [0.29, 0.717) is 11.8 Å². The van der Waals surface area contributed by atoms with Crippen molar-refractivity contribution in [1.82, 2.24) is 5.32 Å². The molecular formula is C16H22N2O2. The molecule has 0 aromatic heterocycles. The van der Waals surface area contributed by atoms with Crippen LogP contribution < -0.4 is 11.1 Å². The van der Waals surface area contributed by atoms with Crippen LogP contribution in [-0.2, 0) is 11.2 Å². The summed E-state index contributed by atoms with van der Waals surface area (Å²) < 4.78 is 0. The molecule has 0 aliphatic heterocycles. The largest absolute Gasteiger partial charge is 0.508 e. The fourth-order valence-corrected chi connectivity index (χ4v) is 2.96. The van der Waals surface area contributed by atoms with Crippen LogP contribution in [-0.4, -0.2) is 23.6 Å². The van der Waals surface area contributed by atoms with Crippen LogP contribution in [0, 0.1) is 11.3 Å². The van der Waals surface area contributed by atoms with Crippen LogP contribution in [0.4, 0.5) is 0 Å². The SMILES string of the molecule is N[C@H](Cc1ccc(O)cc1)C(=O)NCC1(C2CC2)CC1. The predicted molar refractivity (Wildman–Crippen MR) is 77.2 cm³/mol. The average molecular weight is 274 g/mol. The van der Waals surface area contributed by atoms with Gasteiger partial charge in [0, 0.05) is 6.54 Å². The average Bonchev–Trinajstić information content (AvgIpc) is 3.30. The van der Waals surface area contributed by atoms with E-state index in [1.807, 2.05) is 0 Å². The minimum atomic E-state index is -0.519. The summed E-state index contributed by atoms with van der Waals surface area (Å²) in [6.07, 6.45) is 5.67. The Hall–Kier alpha value is -1.55. The summed E-state index contributed by atoms with van der Waals surface area (Å²) in [6.45, 7) is 0.791.